The van der Waals surface area contributed by atoms with Crippen LogP contribution >= 0.6 is 11.8 Å². The summed E-state index contributed by atoms with van der Waals surface area (Å²) in [4.78, 5) is 4.81. The van der Waals surface area contributed by atoms with Crippen molar-refractivity contribution in [2.24, 2.45) is 4.99 Å². The Morgan fingerprint density at radius 2 is 2.38 bits per heavy atom. The number of methoxy groups -OCH3 is 1. The van der Waals surface area contributed by atoms with Gasteiger partial charge in [-0.25, -0.2) is 0 Å². The van der Waals surface area contributed by atoms with Gasteiger partial charge in [0.2, 0.25) is 0 Å². The standard InChI is InChI=1S/C12H22N2OS/c1-4-12(2)8-16-11(14-12)13-9-6-5-7-10(9)15-3/h9-10H,4-8H2,1-3H3,(H,13,14). The average Bonchev–Trinajstić information content (AvgIpc) is 2.87. The fourth-order valence-corrected chi connectivity index (χ4v) is 3.56. The van der Waals surface area contributed by atoms with Gasteiger partial charge in [0.15, 0.2) is 5.17 Å². The molecule has 1 N–H and O–H groups in total. The molecule has 0 aromatic rings. The van der Waals surface area contributed by atoms with Crippen LogP contribution in [0.4, 0.5) is 0 Å². The van der Waals surface area contributed by atoms with Crippen molar-refractivity contribution < 1.29 is 4.74 Å². The second kappa shape index (κ2) is 4.96. The van der Waals surface area contributed by atoms with Crippen molar-refractivity contribution in [3.63, 3.8) is 0 Å². The second-order valence-corrected chi connectivity index (χ2v) is 6.00. The van der Waals surface area contributed by atoms with E-state index in [1.165, 1.54) is 12.8 Å². The molecule has 0 radical (unpaired) electrons. The van der Waals surface area contributed by atoms with E-state index in [4.69, 9.17) is 9.73 Å². The molecule has 3 unspecified atom stereocenters. The number of thioether (sulfide) groups is 1. The maximum Gasteiger partial charge on any atom is 0.157 e. The van der Waals surface area contributed by atoms with Crippen molar-refractivity contribution in [3.05, 3.63) is 0 Å². The molecule has 0 spiro atoms. The molecule has 0 bridgehead atoms. The second-order valence-electron chi connectivity index (χ2n) is 5.03. The maximum atomic E-state index is 5.47. The van der Waals surface area contributed by atoms with Gasteiger partial charge in [-0.3, -0.25) is 4.99 Å². The third-order valence-corrected chi connectivity index (χ3v) is 4.98. The minimum absolute atomic E-state index is 0.241. The van der Waals surface area contributed by atoms with Gasteiger partial charge >= 0.3 is 0 Å². The van der Waals surface area contributed by atoms with Crippen LogP contribution < -0.4 is 5.32 Å². The van der Waals surface area contributed by atoms with E-state index in [9.17, 15) is 0 Å². The summed E-state index contributed by atoms with van der Waals surface area (Å²) in [5.74, 6) is 1.13. The van der Waals surface area contributed by atoms with E-state index >= 15 is 0 Å². The van der Waals surface area contributed by atoms with Gasteiger partial charge in [-0.2, -0.15) is 0 Å². The van der Waals surface area contributed by atoms with Gasteiger partial charge in [0, 0.05) is 18.4 Å². The van der Waals surface area contributed by atoms with Crippen molar-refractivity contribution in [3.8, 4) is 0 Å². The molecule has 1 saturated carbocycles. The molecule has 1 saturated heterocycles. The smallest absolute Gasteiger partial charge is 0.157 e. The van der Waals surface area contributed by atoms with E-state index < -0.39 is 0 Å². The van der Waals surface area contributed by atoms with Crippen LogP contribution in [0, 0.1) is 0 Å². The quantitative estimate of drug-likeness (QED) is 0.825. The zero-order chi connectivity index (χ0) is 11.6. The number of aliphatic imine (C=N–C) groups is 1. The highest BCUT2D eigenvalue weighted by molar-refractivity contribution is 8.14. The number of nitrogens with one attached hydrogen (secondary N) is 1. The van der Waals surface area contributed by atoms with Crippen molar-refractivity contribution in [1.82, 2.24) is 5.32 Å². The summed E-state index contributed by atoms with van der Waals surface area (Å²) in [6.45, 7) is 4.50. The largest absolute Gasteiger partial charge is 0.379 e. The number of ether oxygens (including phenoxy) is 1. The number of hydrogen-bond donors (Lipinski definition) is 1. The van der Waals surface area contributed by atoms with Crippen LogP contribution in [0.5, 0.6) is 0 Å². The fraction of sp³-hybridized carbons (Fsp3) is 0.917. The third-order valence-electron chi connectivity index (χ3n) is 3.72. The molecular weight excluding hydrogens is 220 g/mol. The monoisotopic (exact) mass is 242 g/mol. The zero-order valence-electron chi connectivity index (χ0n) is 10.5. The van der Waals surface area contributed by atoms with Crippen LogP contribution in [0.2, 0.25) is 0 Å². The lowest BCUT2D eigenvalue weighted by Crippen LogP contribution is -2.40. The molecule has 3 nitrogen and oxygen atoms in total. The molecule has 3 atom stereocenters. The predicted molar refractivity (Wildman–Crippen MR) is 70.2 cm³/mol. The first-order valence-corrected chi connectivity index (χ1v) is 7.17. The van der Waals surface area contributed by atoms with Gasteiger partial charge in [-0.15, -0.1) is 0 Å². The van der Waals surface area contributed by atoms with Crippen molar-refractivity contribution in [2.75, 3.05) is 12.9 Å². The summed E-state index contributed by atoms with van der Waals surface area (Å²) in [6, 6.07) is 0.374. The van der Waals surface area contributed by atoms with Crippen molar-refractivity contribution in [2.45, 2.75) is 57.2 Å². The van der Waals surface area contributed by atoms with Crippen LogP contribution in [-0.2, 0) is 4.74 Å². The molecule has 92 valence electrons. The van der Waals surface area contributed by atoms with Crippen LogP contribution in [0.1, 0.15) is 39.5 Å². The SMILES string of the molecule is CCC1(C)CSC(=NC2CCCC2OC)N1. The van der Waals surface area contributed by atoms with Crippen LogP contribution in [-0.4, -0.2) is 35.7 Å². The number of nitrogens with zero attached hydrogens (tertiary/aromatic N) is 1. The van der Waals surface area contributed by atoms with E-state index in [1.54, 1.807) is 7.11 Å². The summed E-state index contributed by atoms with van der Waals surface area (Å²) in [5, 5.41) is 4.67. The lowest BCUT2D eigenvalue weighted by molar-refractivity contribution is 0.0966. The molecule has 4 heteroatoms. The fourth-order valence-electron chi connectivity index (χ4n) is 2.30. The summed E-state index contributed by atoms with van der Waals surface area (Å²) < 4.78 is 5.47. The highest BCUT2D eigenvalue weighted by atomic mass is 32.2. The summed E-state index contributed by atoms with van der Waals surface area (Å²) in [7, 11) is 1.80. The number of hydrogen-bond acceptors (Lipinski definition) is 3. The highest BCUT2D eigenvalue weighted by Crippen LogP contribution is 2.29. The topological polar surface area (TPSA) is 33.6 Å². The molecule has 0 aromatic heterocycles. The predicted octanol–water partition coefficient (Wildman–Crippen LogP) is 2.42. The van der Waals surface area contributed by atoms with Gasteiger partial charge < -0.3 is 10.1 Å². The van der Waals surface area contributed by atoms with Crippen LogP contribution in [0.3, 0.4) is 0 Å². The van der Waals surface area contributed by atoms with Gasteiger partial charge in [0.25, 0.3) is 0 Å². The number of amidine groups is 1. The Labute approximate surface area is 102 Å². The van der Waals surface area contributed by atoms with Gasteiger partial charge in [-0.1, -0.05) is 18.7 Å². The Hall–Kier alpha value is -0.220. The lowest BCUT2D eigenvalue weighted by atomic mass is 10.0. The summed E-state index contributed by atoms with van der Waals surface area (Å²) in [5.41, 5.74) is 0.241. The molecule has 2 aliphatic rings. The van der Waals surface area contributed by atoms with Crippen molar-refractivity contribution in [1.29, 1.82) is 0 Å². The maximum absolute atomic E-state index is 5.47. The first kappa shape index (κ1) is 12.2. The third kappa shape index (κ3) is 2.54. The molecule has 16 heavy (non-hydrogen) atoms. The Kier molecular flexibility index (Phi) is 3.80. The minimum atomic E-state index is 0.241. The average molecular weight is 242 g/mol. The van der Waals surface area contributed by atoms with Crippen molar-refractivity contribution >= 4 is 16.9 Å². The zero-order valence-corrected chi connectivity index (χ0v) is 11.3. The Balaban J connectivity index is 1.98. The minimum Gasteiger partial charge on any atom is -0.379 e. The van der Waals surface area contributed by atoms with Gasteiger partial charge in [0.1, 0.15) is 0 Å². The lowest BCUT2D eigenvalue weighted by Gasteiger charge is -2.21. The Bertz CT molecular complexity index is 282. The molecule has 0 aromatic carbocycles. The van der Waals surface area contributed by atoms with E-state index in [0.717, 1.165) is 23.8 Å². The van der Waals surface area contributed by atoms with E-state index in [2.05, 4.69) is 19.2 Å². The van der Waals surface area contributed by atoms with Gasteiger partial charge in [0.05, 0.1) is 12.1 Å². The van der Waals surface area contributed by atoms with Crippen LogP contribution in [0.15, 0.2) is 4.99 Å². The summed E-state index contributed by atoms with van der Waals surface area (Å²) in [6.07, 6.45) is 5.07. The van der Waals surface area contributed by atoms with Crippen LogP contribution in [0.25, 0.3) is 0 Å². The molecule has 1 aliphatic carbocycles. The molecule has 1 aliphatic heterocycles. The number of rotatable bonds is 3. The molecule has 2 fully saturated rings. The molecule has 0 amide bonds. The van der Waals surface area contributed by atoms with E-state index in [1.807, 2.05) is 11.8 Å². The summed E-state index contributed by atoms with van der Waals surface area (Å²) >= 11 is 1.86. The first-order chi connectivity index (χ1) is 7.67. The molecular formula is C12H22N2OS. The normalized spacial score (nSPS) is 41.6. The first-order valence-electron chi connectivity index (χ1n) is 6.18. The molecule has 1 heterocycles. The molecule has 2 rings (SSSR count). The highest BCUT2D eigenvalue weighted by Gasteiger charge is 2.33. The van der Waals surface area contributed by atoms with E-state index in [0.29, 0.717) is 12.1 Å². The Morgan fingerprint density at radius 3 is 3.00 bits per heavy atom. The van der Waals surface area contributed by atoms with E-state index in [-0.39, 0.29) is 5.54 Å². The van der Waals surface area contributed by atoms with Gasteiger partial charge in [-0.05, 0) is 32.6 Å². The Morgan fingerprint density at radius 1 is 1.56 bits per heavy atom.